The highest BCUT2D eigenvalue weighted by molar-refractivity contribution is 6.30. The minimum absolute atomic E-state index is 0.213. The Balaban J connectivity index is 2.71. The molecule has 1 aromatic carbocycles. The van der Waals surface area contributed by atoms with Crippen LogP contribution in [0, 0.1) is 0 Å². The van der Waals surface area contributed by atoms with Crippen LogP contribution in [0.1, 0.15) is 25.5 Å². The van der Waals surface area contributed by atoms with E-state index in [4.69, 9.17) is 16.3 Å². The summed E-state index contributed by atoms with van der Waals surface area (Å²) in [4.78, 5) is 10.6. The quantitative estimate of drug-likeness (QED) is 0.683. The summed E-state index contributed by atoms with van der Waals surface area (Å²) in [5, 5.41) is 0.679. The van der Waals surface area contributed by atoms with Gasteiger partial charge in [0.05, 0.1) is 0 Å². The molecule has 0 N–H and O–H groups in total. The molecule has 0 spiro atoms. The molecule has 2 nitrogen and oxygen atoms in total. The van der Waals surface area contributed by atoms with E-state index in [9.17, 15) is 4.79 Å². The Hall–Kier alpha value is -1.02. The van der Waals surface area contributed by atoms with E-state index in [1.54, 1.807) is 12.1 Å². The van der Waals surface area contributed by atoms with Crippen molar-refractivity contribution in [2.24, 2.45) is 0 Å². The van der Waals surface area contributed by atoms with Crippen LogP contribution in [0.3, 0.4) is 0 Å². The molecule has 70 valence electrons. The Morgan fingerprint density at radius 2 is 1.92 bits per heavy atom. The molecule has 0 saturated heterocycles. The highest BCUT2D eigenvalue weighted by Gasteiger charge is 2.07. The van der Waals surface area contributed by atoms with Crippen molar-refractivity contribution < 1.29 is 9.53 Å². The molecule has 0 aliphatic rings. The Bertz CT molecular complexity index is 292. The maximum Gasteiger partial charge on any atom is 0.303 e. The van der Waals surface area contributed by atoms with Crippen molar-refractivity contribution in [2.75, 3.05) is 0 Å². The van der Waals surface area contributed by atoms with Gasteiger partial charge in [-0.1, -0.05) is 23.7 Å². The van der Waals surface area contributed by atoms with E-state index in [2.05, 4.69) is 0 Å². The van der Waals surface area contributed by atoms with E-state index in [1.165, 1.54) is 6.92 Å². The van der Waals surface area contributed by atoms with Gasteiger partial charge in [0.25, 0.3) is 0 Å². The first-order chi connectivity index (χ1) is 6.09. The van der Waals surface area contributed by atoms with E-state index in [0.717, 1.165) is 5.56 Å². The normalized spacial score (nSPS) is 12.2. The zero-order valence-corrected chi connectivity index (χ0v) is 8.34. The highest BCUT2D eigenvalue weighted by atomic mass is 35.5. The second kappa shape index (κ2) is 4.28. The second-order valence-electron chi connectivity index (χ2n) is 2.80. The molecule has 0 aromatic heterocycles. The van der Waals surface area contributed by atoms with Crippen LogP contribution >= 0.6 is 11.6 Å². The average molecular weight is 199 g/mol. The van der Waals surface area contributed by atoms with Crippen LogP contribution in [0.2, 0.25) is 5.02 Å². The molecule has 3 heteroatoms. The Labute approximate surface area is 82.5 Å². The summed E-state index contributed by atoms with van der Waals surface area (Å²) in [6.45, 7) is 3.22. The number of hydrogen-bond donors (Lipinski definition) is 0. The minimum Gasteiger partial charge on any atom is -0.458 e. The lowest BCUT2D eigenvalue weighted by Gasteiger charge is -2.11. The van der Waals surface area contributed by atoms with Crippen molar-refractivity contribution in [3.63, 3.8) is 0 Å². The van der Waals surface area contributed by atoms with Gasteiger partial charge in [-0.2, -0.15) is 0 Å². The molecular weight excluding hydrogens is 188 g/mol. The summed E-state index contributed by atoms with van der Waals surface area (Å²) in [6, 6.07) is 7.24. The molecule has 1 atom stereocenters. The van der Waals surface area contributed by atoms with Gasteiger partial charge in [0.1, 0.15) is 6.10 Å². The van der Waals surface area contributed by atoms with Gasteiger partial charge < -0.3 is 4.74 Å². The zero-order valence-electron chi connectivity index (χ0n) is 7.58. The van der Waals surface area contributed by atoms with Gasteiger partial charge in [-0.3, -0.25) is 4.79 Å². The predicted molar refractivity (Wildman–Crippen MR) is 51.6 cm³/mol. The molecule has 0 radical (unpaired) electrons. The van der Waals surface area contributed by atoms with Crippen LogP contribution in [0.15, 0.2) is 24.3 Å². The first kappa shape index (κ1) is 10.1. The standard InChI is InChI=1S/C10H11ClO2/c1-7(13-8(2)12)9-3-5-10(11)6-4-9/h3-7H,1-2H3. The van der Waals surface area contributed by atoms with E-state index < -0.39 is 0 Å². The molecule has 0 amide bonds. The van der Waals surface area contributed by atoms with Crippen LogP contribution in [-0.2, 0) is 9.53 Å². The first-order valence-electron chi connectivity index (χ1n) is 4.02. The Morgan fingerprint density at radius 3 is 2.38 bits per heavy atom. The van der Waals surface area contributed by atoms with Gasteiger partial charge in [-0.25, -0.2) is 0 Å². The van der Waals surface area contributed by atoms with Gasteiger partial charge in [0.2, 0.25) is 0 Å². The third-order valence-electron chi connectivity index (χ3n) is 1.68. The monoisotopic (exact) mass is 198 g/mol. The molecule has 1 unspecified atom stereocenters. The number of hydrogen-bond acceptors (Lipinski definition) is 2. The zero-order chi connectivity index (χ0) is 9.84. The van der Waals surface area contributed by atoms with Gasteiger partial charge in [-0.15, -0.1) is 0 Å². The number of carbonyl (C=O) groups is 1. The lowest BCUT2D eigenvalue weighted by Crippen LogP contribution is -2.04. The molecule has 1 aromatic rings. The molecule has 13 heavy (non-hydrogen) atoms. The third kappa shape index (κ3) is 3.07. The van der Waals surface area contributed by atoms with E-state index in [-0.39, 0.29) is 12.1 Å². The number of rotatable bonds is 2. The summed E-state index contributed by atoms with van der Waals surface area (Å²) < 4.78 is 4.99. The first-order valence-corrected chi connectivity index (χ1v) is 4.40. The molecular formula is C10H11ClO2. The maximum atomic E-state index is 10.6. The van der Waals surface area contributed by atoms with Crippen molar-refractivity contribution in [2.45, 2.75) is 20.0 Å². The topological polar surface area (TPSA) is 26.3 Å². The molecule has 1 rings (SSSR count). The Morgan fingerprint density at radius 1 is 1.38 bits per heavy atom. The van der Waals surface area contributed by atoms with Gasteiger partial charge in [-0.05, 0) is 24.6 Å². The van der Waals surface area contributed by atoms with Crippen molar-refractivity contribution in [1.29, 1.82) is 0 Å². The highest BCUT2D eigenvalue weighted by Crippen LogP contribution is 2.18. The van der Waals surface area contributed by atoms with Crippen LogP contribution < -0.4 is 0 Å². The van der Waals surface area contributed by atoms with E-state index in [1.807, 2.05) is 19.1 Å². The van der Waals surface area contributed by atoms with Gasteiger partial charge in [0, 0.05) is 11.9 Å². The molecule has 0 aliphatic carbocycles. The lowest BCUT2D eigenvalue weighted by atomic mass is 10.1. The summed E-state index contributed by atoms with van der Waals surface area (Å²) in [6.07, 6.45) is -0.213. The SMILES string of the molecule is CC(=O)OC(C)c1ccc(Cl)cc1. The Kier molecular flexibility index (Phi) is 3.32. The predicted octanol–water partition coefficient (Wildman–Crippen LogP) is 2.96. The fourth-order valence-electron chi connectivity index (χ4n) is 1.05. The van der Waals surface area contributed by atoms with Crippen LogP contribution in [0.25, 0.3) is 0 Å². The van der Waals surface area contributed by atoms with E-state index >= 15 is 0 Å². The smallest absolute Gasteiger partial charge is 0.303 e. The summed E-state index contributed by atoms with van der Waals surface area (Å²) in [7, 11) is 0. The molecule has 0 bridgehead atoms. The summed E-state index contributed by atoms with van der Waals surface area (Å²) in [5.74, 6) is -0.276. The maximum absolute atomic E-state index is 10.6. The minimum atomic E-state index is -0.276. The third-order valence-corrected chi connectivity index (χ3v) is 1.93. The van der Waals surface area contributed by atoms with Crippen molar-refractivity contribution in [3.8, 4) is 0 Å². The van der Waals surface area contributed by atoms with Crippen molar-refractivity contribution >= 4 is 17.6 Å². The van der Waals surface area contributed by atoms with Crippen LogP contribution in [-0.4, -0.2) is 5.97 Å². The molecule has 0 fully saturated rings. The number of carbonyl (C=O) groups excluding carboxylic acids is 1. The number of esters is 1. The average Bonchev–Trinajstić information content (AvgIpc) is 2.04. The van der Waals surface area contributed by atoms with Crippen molar-refractivity contribution in [1.82, 2.24) is 0 Å². The fourth-order valence-corrected chi connectivity index (χ4v) is 1.18. The molecule has 0 saturated carbocycles. The number of benzene rings is 1. The van der Waals surface area contributed by atoms with Crippen LogP contribution in [0.4, 0.5) is 0 Å². The largest absolute Gasteiger partial charge is 0.458 e. The van der Waals surface area contributed by atoms with Crippen LogP contribution in [0.5, 0.6) is 0 Å². The summed E-state index contributed by atoms with van der Waals surface area (Å²) in [5.41, 5.74) is 0.944. The van der Waals surface area contributed by atoms with E-state index in [0.29, 0.717) is 5.02 Å². The summed E-state index contributed by atoms with van der Waals surface area (Å²) >= 11 is 5.71. The van der Waals surface area contributed by atoms with Gasteiger partial charge >= 0.3 is 5.97 Å². The van der Waals surface area contributed by atoms with Crippen molar-refractivity contribution in [3.05, 3.63) is 34.9 Å². The molecule has 0 heterocycles. The fraction of sp³-hybridized carbons (Fsp3) is 0.300. The number of halogens is 1. The van der Waals surface area contributed by atoms with Gasteiger partial charge in [0.15, 0.2) is 0 Å². The lowest BCUT2D eigenvalue weighted by molar-refractivity contribution is -0.145. The number of ether oxygens (including phenoxy) is 1. The second-order valence-corrected chi connectivity index (χ2v) is 3.24. The molecule has 0 aliphatic heterocycles.